The standard InChI is InChI=1S/C43H33BrO2Si/c1-45-26-16-12-24(13-17-26)36-40-30-10-6-8-28-34(44)22-20-32(38(28)30)42(40)37(25-14-18-27(46-2)19-15-25)41-31-11-7-9-29-35(47(3,4)5)23-21-33(39(29)31)43(36)41/h6-23H,1-5H3. The van der Waals surface area contributed by atoms with E-state index in [9.17, 15) is 0 Å². The van der Waals surface area contributed by atoms with Crippen molar-refractivity contribution in [2.45, 2.75) is 19.6 Å². The van der Waals surface area contributed by atoms with Crippen molar-refractivity contribution in [2.24, 2.45) is 0 Å². The molecule has 9 aromatic carbocycles. The molecule has 0 aliphatic heterocycles. The summed E-state index contributed by atoms with van der Waals surface area (Å²) in [6.45, 7) is 7.36. The molecule has 228 valence electrons. The molecule has 0 radical (unpaired) electrons. The second-order valence-electron chi connectivity index (χ2n) is 13.7. The van der Waals surface area contributed by atoms with Crippen LogP contribution in [0.3, 0.4) is 0 Å². The normalized spacial score (nSPS) is 12.5. The van der Waals surface area contributed by atoms with E-state index in [0.29, 0.717) is 0 Å². The van der Waals surface area contributed by atoms with Gasteiger partial charge in [-0.15, -0.1) is 0 Å². The van der Waals surface area contributed by atoms with Gasteiger partial charge in [0.15, 0.2) is 0 Å². The summed E-state index contributed by atoms with van der Waals surface area (Å²) in [6.07, 6.45) is 0. The summed E-state index contributed by atoms with van der Waals surface area (Å²) in [5.41, 5.74) is 4.96. The van der Waals surface area contributed by atoms with Crippen LogP contribution in [-0.4, -0.2) is 22.3 Å². The van der Waals surface area contributed by atoms with E-state index in [-0.39, 0.29) is 0 Å². The lowest BCUT2D eigenvalue weighted by Crippen LogP contribution is -2.37. The molecule has 0 unspecified atom stereocenters. The zero-order chi connectivity index (χ0) is 32.2. The number of methoxy groups -OCH3 is 2. The molecule has 47 heavy (non-hydrogen) atoms. The van der Waals surface area contributed by atoms with E-state index in [4.69, 9.17) is 9.47 Å². The van der Waals surface area contributed by atoms with Crippen LogP contribution < -0.4 is 14.7 Å². The summed E-state index contributed by atoms with van der Waals surface area (Å²) < 4.78 is 12.4. The van der Waals surface area contributed by atoms with Gasteiger partial charge in [-0.3, -0.25) is 0 Å². The molecule has 0 aromatic heterocycles. The Labute approximate surface area is 283 Å². The van der Waals surface area contributed by atoms with Gasteiger partial charge in [0.25, 0.3) is 0 Å². The van der Waals surface area contributed by atoms with Crippen molar-refractivity contribution in [1.82, 2.24) is 0 Å². The van der Waals surface area contributed by atoms with Gasteiger partial charge < -0.3 is 9.47 Å². The molecule has 0 fully saturated rings. The number of ether oxygens (including phenoxy) is 2. The fourth-order valence-corrected chi connectivity index (χ4v) is 10.2. The molecular weight excluding hydrogens is 656 g/mol. The van der Waals surface area contributed by atoms with Crippen LogP contribution >= 0.6 is 15.9 Å². The average Bonchev–Trinajstić information content (AvgIpc) is 3.60. The van der Waals surface area contributed by atoms with E-state index in [1.54, 1.807) is 14.2 Å². The molecule has 0 bridgehead atoms. The quantitative estimate of drug-likeness (QED) is 0.168. The van der Waals surface area contributed by atoms with Crippen LogP contribution in [0.15, 0.2) is 114 Å². The molecule has 0 saturated carbocycles. The minimum Gasteiger partial charge on any atom is -0.497 e. The molecular formula is C43H33BrO2Si. The van der Waals surface area contributed by atoms with Crippen molar-refractivity contribution in [3.05, 3.63) is 114 Å². The molecule has 0 heterocycles. The first-order valence-corrected chi connectivity index (χ1v) is 20.4. The first kappa shape index (κ1) is 28.6. The molecule has 9 rings (SSSR count). The highest BCUT2D eigenvalue weighted by atomic mass is 79.9. The Bertz CT molecular complexity index is 2560. The van der Waals surface area contributed by atoms with Crippen molar-refractivity contribution in [3.63, 3.8) is 0 Å². The molecule has 0 aliphatic carbocycles. The smallest absolute Gasteiger partial charge is 0.118 e. The number of rotatable bonds is 5. The highest BCUT2D eigenvalue weighted by Crippen LogP contribution is 2.56. The van der Waals surface area contributed by atoms with Crippen molar-refractivity contribution in [2.75, 3.05) is 14.2 Å². The van der Waals surface area contributed by atoms with Gasteiger partial charge in [-0.05, 0) is 117 Å². The van der Waals surface area contributed by atoms with Crippen molar-refractivity contribution < 1.29 is 9.47 Å². The topological polar surface area (TPSA) is 18.5 Å². The van der Waals surface area contributed by atoms with Gasteiger partial charge in [0.05, 0.1) is 22.3 Å². The van der Waals surface area contributed by atoms with E-state index in [2.05, 4.69) is 145 Å². The molecule has 0 atom stereocenters. The number of hydrogen-bond donors (Lipinski definition) is 0. The Morgan fingerprint density at radius 1 is 0.426 bits per heavy atom. The maximum atomic E-state index is 5.63. The zero-order valence-electron chi connectivity index (χ0n) is 27.1. The highest BCUT2D eigenvalue weighted by Gasteiger charge is 2.29. The van der Waals surface area contributed by atoms with Gasteiger partial charge in [0.2, 0.25) is 0 Å². The van der Waals surface area contributed by atoms with Crippen molar-refractivity contribution >= 4 is 93.8 Å². The molecule has 0 spiro atoms. The van der Waals surface area contributed by atoms with Crippen LogP contribution in [0.2, 0.25) is 19.6 Å². The lowest BCUT2D eigenvalue weighted by molar-refractivity contribution is 0.415. The largest absolute Gasteiger partial charge is 0.497 e. The van der Waals surface area contributed by atoms with E-state index >= 15 is 0 Å². The van der Waals surface area contributed by atoms with E-state index in [1.807, 2.05) is 0 Å². The Morgan fingerprint density at radius 3 is 1.30 bits per heavy atom. The predicted molar refractivity (Wildman–Crippen MR) is 209 cm³/mol. The molecule has 0 amide bonds. The van der Waals surface area contributed by atoms with Gasteiger partial charge in [-0.2, -0.15) is 0 Å². The van der Waals surface area contributed by atoms with Gasteiger partial charge in [-0.25, -0.2) is 0 Å². The summed E-state index contributed by atoms with van der Waals surface area (Å²) in [7, 11) is 1.84. The average molecular weight is 690 g/mol. The van der Waals surface area contributed by atoms with Crippen molar-refractivity contribution in [3.8, 4) is 33.8 Å². The molecule has 0 saturated heterocycles. The summed E-state index contributed by atoms with van der Waals surface area (Å²) in [6, 6.07) is 40.4. The first-order valence-electron chi connectivity index (χ1n) is 16.1. The van der Waals surface area contributed by atoms with E-state index in [0.717, 1.165) is 16.0 Å². The van der Waals surface area contributed by atoms with Crippen LogP contribution in [0.25, 0.3) is 86.9 Å². The third-order valence-electron chi connectivity index (χ3n) is 10.2. The Morgan fingerprint density at radius 2 is 0.830 bits per heavy atom. The number of fused-ring (bicyclic) bond motifs is 6. The second-order valence-corrected chi connectivity index (χ2v) is 19.6. The molecule has 4 heteroatoms. The minimum atomic E-state index is -1.63. The first-order chi connectivity index (χ1) is 22.8. The molecule has 9 aromatic rings. The third-order valence-corrected chi connectivity index (χ3v) is 12.9. The van der Waals surface area contributed by atoms with Gasteiger partial charge in [0, 0.05) is 4.47 Å². The monoisotopic (exact) mass is 688 g/mol. The lowest BCUT2D eigenvalue weighted by Gasteiger charge is -2.19. The van der Waals surface area contributed by atoms with Crippen LogP contribution in [-0.2, 0) is 0 Å². The van der Waals surface area contributed by atoms with Gasteiger partial charge in [0.1, 0.15) is 11.5 Å². The summed E-state index contributed by atoms with van der Waals surface area (Å²) in [5, 5.41) is 17.3. The van der Waals surface area contributed by atoms with Gasteiger partial charge >= 0.3 is 0 Å². The second kappa shape index (κ2) is 10.2. The van der Waals surface area contributed by atoms with Crippen LogP contribution in [0.1, 0.15) is 0 Å². The summed E-state index contributed by atoms with van der Waals surface area (Å²) in [5.74, 6) is 1.72. The Balaban J connectivity index is 1.63. The van der Waals surface area contributed by atoms with Crippen molar-refractivity contribution in [1.29, 1.82) is 0 Å². The Kier molecular flexibility index (Phi) is 6.19. The SMILES string of the molecule is COc1ccc(-c2c3c4ccc(Br)c5cccc(c3c(-c3ccc(OC)cc3)c3c6ccc([Si](C)(C)C)c7cccc(c23)c76)c54)cc1. The van der Waals surface area contributed by atoms with Gasteiger partial charge in [-0.1, -0.05) is 120 Å². The maximum absolute atomic E-state index is 5.63. The number of halogens is 1. The molecule has 0 aliphatic rings. The van der Waals surface area contributed by atoms with Crippen LogP contribution in [0.4, 0.5) is 0 Å². The highest BCUT2D eigenvalue weighted by molar-refractivity contribution is 9.10. The van der Waals surface area contributed by atoms with Crippen LogP contribution in [0, 0.1) is 0 Å². The van der Waals surface area contributed by atoms with E-state index in [1.165, 1.54) is 92.1 Å². The zero-order valence-corrected chi connectivity index (χ0v) is 29.7. The number of hydrogen-bond acceptors (Lipinski definition) is 2. The fourth-order valence-electron chi connectivity index (χ4n) is 8.19. The summed E-state index contributed by atoms with van der Waals surface area (Å²) >= 11 is 3.89. The molecule has 0 N–H and O–H groups in total. The maximum Gasteiger partial charge on any atom is 0.118 e. The molecule has 2 nitrogen and oxygen atoms in total. The van der Waals surface area contributed by atoms with E-state index < -0.39 is 8.07 Å². The number of benzene rings is 7. The fraction of sp³-hybridized carbons (Fsp3) is 0.116. The minimum absolute atomic E-state index is 0.858. The third kappa shape index (κ3) is 3.95. The van der Waals surface area contributed by atoms with Crippen LogP contribution in [0.5, 0.6) is 11.5 Å². The Hall–Kier alpha value is -4.64. The predicted octanol–water partition coefficient (Wildman–Crippen LogP) is 12.1. The summed E-state index contributed by atoms with van der Waals surface area (Å²) in [4.78, 5) is 0. The lowest BCUT2D eigenvalue weighted by atomic mass is 9.87.